The van der Waals surface area contributed by atoms with Gasteiger partial charge in [-0.3, -0.25) is 4.98 Å². The van der Waals surface area contributed by atoms with Crippen LogP contribution in [0.2, 0.25) is 0 Å². The molecule has 1 spiro atoms. The first-order chi connectivity index (χ1) is 26.2. The van der Waals surface area contributed by atoms with Crippen LogP contribution in [-0.2, 0) is 5.41 Å². The van der Waals surface area contributed by atoms with Crippen LogP contribution >= 0.6 is 0 Å². The first-order valence-electron chi connectivity index (χ1n) is 18.2. The fourth-order valence-corrected chi connectivity index (χ4v) is 8.40. The molecule has 10 rings (SSSR count). The Morgan fingerprint density at radius 2 is 1.32 bits per heavy atom. The predicted molar refractivity (Wildman–Crippen MR) is 214 cm³/mol. The molecule has 3 heterocycles. The van der Waals surface area contributed by atoms with Gasteiger partial charge in [0.1, 0.15) is 23.5 Å². The van der Waals surface area contributed by atoms with Gasteiger partial charge in [0.25, 0.3) is 0 Å². The van der Waals surface area contributed by atoms with Gasteiger partial charge in [0, 0.05) is 40.2 Å². The average molecular weight is 685 g/mol. The van der Waals surface area contributed by atoms with E-state index >= 15 is 0 Å². The summed E-state index contributed by atoms with van der Waals surface area (Å²) in [5.74, 6) is 2.49. The summed E-state index contributed by atoms with van der Waals surface area (Å²) in [6, 6.07) is 49.0. The summed E-state index contributed by atoms with van der Waals surface area (Å²) in [5, 5.41) is 3.53. The largest absolute Gasteiger partial charge is 0.457 e. The minimum Gasteiger partial charge on any atom is -0.457 e. The minimum absolute atomic E-state index is 0.460. The second-order valence-electron chi connectivity index (χ2n) is 13.9. The fourth-order valence-electron chi connectivity index (χ4n) is 8.40. The van der Waals surface area contributed by atoms with E-state index < -0.39 is 11.6 Å². The first-order valence-corrected chi connectivity index (χ1v) is 18.2. The van der Waals surface area contributed by atoms with Gasteiger partial charge in [-0.2, -0.15) is 0 Å². The highest BCUT2D eigenvalue weighted by atomic mass is 16.5. The molecule has 254 valence electrons. The Bertz CT molecular complexity index is 2540. The number of anilines is 1. The lowest BCUT2D eigenvalue weighted by molar-refractivity contribution is 0.436. The van der Waals surface area contributed by atoms with Crippen molar-refractivity contribution in [2.45, 2.75) is 24.4 Å². The van der Waals surface area contributed by atoms with E-state index in [-0.39, 0.29) is 0 Å². The van der Waals surface area contributed by atoms with E-state index in [2.05, 4.69) is 139 Å². The number of allylic oxidation sites excluding steroid dienone is 4. The standard InChI is InChI=1S/C48H36N4O/c49-46(52-47-38(33-14-5-2-6-15-33)28-36(30-51-47)31-12-3-1-4-13-31)34-23-21-32(22-24-34)35-25-26-37-42(29-35)48(41-18-11-27-50-45(37)41)39-16-7-9-19-43(39)53-44-20-10-8-17-40(44)48/h2-3,5-30,46H,1,4,49H2,(H,51,52). The highest BCUT2D eigenvalue weighted by Gasteiger charge is 2.51. The Kier molecular flexibility index (Phi) is 7.41. The molecule has 0 fully saturated rings. The van der Waals surface area contributed by atoms with Crippen molar-refractivity contribution in [2.75, 3.05) is 5.32 Å². The SMILES string of the molecule is NC(Nc1ncc(C2=CCCC=C2)cc1-c1ccccc1)c1ccc(-c2ccc3c(c2)C2(c4ccccc4Oc4ccccc42)c2cccnc2-3)cc1. The number of nitrogens with one attached hydrogen (secondary N) is 1. The lowest BCUT2D eigenvalue weighted by atomic mass is 9.66. The molecule has 53 heavy (non-hydrogen) atoms. The molecule has 0 saturated heterocycles. The van der Waals surface area contributed by atoms with Gasteiger partial charge in [-0.25, -0.2) is 4.98 Å². The monoisotopic (exact) mass is 684 g/mol. The average Bonchev–Trinajstić information content (AvgIpc) is 3.51. The summed E-state index contributed by atoms with van der Waals surface area (Å²) < 4.78 is 6.51. The van der Waals surface area contributed by atoms with Crippen molar-refractivity contribution in [3.05, 3.63) is 204 Å². The smallest absolute Gasteiger partial charge is 0.135 e. The topological polar surface area (TPSA) is 73.1 Å². The maximum Gasteiger partial charge on any atom is 0.135 e. The number of benzene rings is 5. The summed E-state index contributed by atoms with van der Waals surface area (Å²) in [6.07, 6.45) is 12.2. The molecule has 0 bridgehead atoms. The molecule has 1 atom stereocenters. The molecule has 2 aliphatic carbocycles. The lowest BCUT2D eigenvalue weighted by Crippen LogP contribution is -2.32. The Labute approximate surface area is 309 Å². The molecule has 1 aliphatic heterocycles. The summed E-state index contributed by atoms with van der Waals surface area (Å²) in [4.78, 5) is 9.85. The number of nitrogens with two attached hydrogens (primary N) is 1. The molecular weight excluding hydrogens is 649 g/mol. The highest BCUT2D eigenvalue weighted by Crippen LogP contribution is 2.61. The summed E-state index contributed by atoms with van der Waals surface area (Å²) in [7, 11) is 0. The van der Waals surface area contributed by atoms with Crippen molar-refractivity contribution in [1.29, 1.82) is 0 Å². The van der Waals surface area contributed by atoms with Gasteiger partial charge in [0.2, 0.25) is 0 Å². The van der Waals surface area contributed by atoms with Crippen molar-refractivity contribution in [3.8, 4) is 45.0 Å². The number of fused-ring (bicyclic) bond motifs is 9. The fraction of sp³-hybridized carbons (Fsp3) is 0.0833. The molecule has 2 aromatic heterocycles. The summed E-state index contributed by atoms with van der Waals surface area (Å²) in [5.41, 5.74) is 20.7. The third-order valence-corrected chi connectivity index (χ3v) is 10.9. The Balaban J connectivity index is 1.01. The first kappa shape index (κ1) is 31.2. The quantitative estimate of drug-likeness (QED) is 0.171. The Hall–Kier alpha value is -6.56. The zero-order valence-electron chi connectivity index (χ0n) is 29.0. The molecule has 0 amide bonds. The summed E-state index contributed by atoms with van der Waals surface area (Å²) >= 11 is 0. The number of rotatable bonds is 6. The van der Waals surface area contributed by atoms with Crippen LogP contribution in [-0.4, -0.2) is 9.97 Å². The normalized spacial score (nSPS) is 15.0. The predicted octanol–water partition coefficient (Wildman–Crippen LogP) is 11.1. The number of pyridine rings is 2. The third-order valence-electron chi connectivity index (χ3n) is 10.9. The van der Waals surface area contributed by atoms with Gasteiger partial charge >= 0.3 is 0 Å². The minimum atomic E-state index is -0.560. The van der Waals surface area contributed by atoms with Gasteiger partial charge in [-0.05, 0) is 82.1 Å². The second kappa shape index (κ2) is 12.6. The van der Waals surface area contributed by atoms with Gasteiger partial charge in [-0.1, -0.05) is 127 Å². The molecule has 5 aromatic carbocycles. The molecule has 5 nitrogen and oxygen atoms in total. The van der Waals surface area contributed by atoms with E-state index in [1.54, 1.807) is 0 Å². The highest BCUT2D eigenvalue weighted by molar-refractivity contribution is 5.89. The van der Waals surface area contributed by atoms with E-state index in [1.165, 1.54) is 16.7 Å². The molecule has 3 N–H and O–H groups in total. The number of para-hydroxylation sites is 2. The summed E-state index contributed by atoms with van der Waals surface area (Å²) in [6.45, 7) is 0. The maximum absolute atomic E-state index is 6.86. The third kappa shape index (κ3) is 5.04. The molecule has 0 saturated carbocycles. The lowest BCUT2D eigenvalue weighted by Gasteiger charge is -2.39. The van der Waals surface area contributed by atoms with Crippen LogP contribution in [0.4, 0.5) is 5.82 Å². The zero-order valence-corrected chi connectivity index (χ0v) is 29.0. The van der Waals surface area contributed by atoms with Crippen LogP contribution in [0, 0.1) is 0 Å². The van der Waals surface area contributed by atoms with Gasteiger partial charge < -0.3 is 15.8 Å². The van der Waals surface area contributed by atoms with E-state index in [0.717, 1.165) is 85.9 Å². The van der Waals surface area contributed by atoms with Gasteiger partial charge in [-0.15, -0.1) is 0 Å². The van der Waals surface area contributed by atoms with Gasteiger partial charge in [0.15, 0.2) is 0 Å². The molecular formula is C48H36N4O. The van der Waals surface area contributed by atoms with Crippen LogP contribution in [0.15, 0.2) is 170 Å². The Morgan fingerprint density at radius 1 is 0.604 bits per heavy atom. The zero-order chi connectivity index (χ0) is 35.4. The molecule has 3 aliphatic rings. The van der Waals surface area contributed by atoms with Crippen molar-refractivity contribution < 1.29 is 4.74 Å². The second-order valence-corrected chi connectivity index (χ2v) is 13.9. The molecule has 0 radical (unpaired) electrons. The molecule has 5 heteroatoms. The number of nitrogens with zero attached hydrogens (tertiary/aromatic N) is 2. The van der Waals surface area contributed by atoms with Crippen LogP contribution in [0.5, 0.6) is 11.5 Å². The molecule has 1 unspecified atom stereocenters. The van der Waals surface area contributed by atoms with Crippen LogP contribution in [0.1, 0.15) is 52.4 Å². The Morgan fingerprint density at radius 3 is 2.08 bits per heavy atom. The van der Waals surface area contributed by atoms with Crippen molar-refractivity contribution >= 4 is 11.4 Å². The van der Waals surface area contributed by atoms with Crippen molar-refractivity contribution in [1.82, 2.24) is 9.97 Å². The van der Waals surface area contributed by atoms with E-state index in [1.807, 2.05) is 36.7 Å². The van der Waals surface area contributed by atoms with E-state index in [4.69, 9.17) is 20.4 Å². The number of hydrogen-bond acceptors (Lipinski definition) is 5. The van der Waals surface area contributed by atoms with Crippen LogP contribution in [0.25, 0.3) is 39.1 Å². The molecule has 7 aromatic rings. The van der Waals surface area contributed by atoms with Crippen LogP contribution < -0.4 is 15.8 Å². The van der Waals surface area contributed by atoms with Crippen LogP contribution in [0.3, 0.4) is 0 Å². The van der Waals surface area contributed by atoms with Crippen molar-refractivity contribution in [2.24, 2.45) is 5.73 Å². The van der Waals surface area contributed by atoms with E-state index in [9.17, 15) is 0 Å². The number of ether oxygens (including phenoxy) is 1. The van der Waals surface area contributed by atoms with Crippen molar-refractivity contribution in [3.63, 3.8) is 0 Å². The maximum atomic E-state index is 6.86. The van der Waals surface area contributed by atoms with E-state index in [0.29, 0.717) is 0 Å². The number of hydrogen-bond donors (Lipinski definition) is 2. The number of aromatic nitrogens is 2. The van der Waals surface area contributed by atoms with Gasteiger partial charge in [0.05, 0.1) is 11.1 Å².